The zero-order valence-electron chi connectivity index (χ0n) is 11.5. The first-order valence-corrected chi connectivity index (χ1v) is 6.49. The molecule has 2 atom stereocenters. The van der Waals surface area contributed by atoms with Gasteiger partial charge in [0.15, 0.2) is 0 Å². The first kappa shape index (κ1) is 13.1. The van der Waals surface area contributed by atoms with E-state index in [-0.39, 0.29) is 18.1 Å². The van der Waals surface area contributed by atoms with Gasteiger partial charge in [0.05, 0.1) is 6.61 Å². The fourth-order valence-electron chi connectivity index (χ4n) is 2.91. The van der Waals surface area contributed by atoms with Crippen LogP contribution in [0.2, 0.25) is 0 Å². The topological polar surface area (TPSA) is 38.3 Å². The monoisotopic (exact) mass is 247 g/mol. The third-order valence-electron chi connectivity index (χ3n) is 3.56. The molecule has 0 aliphatic carbocycles. The molecule has 2 rings (SSSR count). The largest absolute Gasteiger partial charge is 0.464 e. The second-order valence-corrected chi connectivity index (χ2v) is 5.21. The van der Waals surface area contributed by atoms with Crippen LogP contribution in [0.1, 0.15) is 41.6 Å². The average molecular weight is 247 g/mol. The minimum absolute atomic E-state index is 0.121. The van der Waals surface area contributed by atoms with Crippen molar-refractivity contribution in [2.24, 2.45) is 0 Å². The normalized spacial score (nSPS) is 20.9. The van der Waals surface area contributed by atoms with Gasteiger partial charge in [-0.3, -0.25) is 10.1 Å². The van der Waals surface area contributed by atoms with Crippen LogP contribution in [0.25, 0.3) is 0 Å². The summed E-state index contributed by atoms with van der Waals surface area (Å²) in [5.41, 5.74) is 5.12. The number of hydrogen-bond acceptors (Lipinski definition) is 3. The van der Waals surface area contributed by atoms with Gasteiger partial charge in [0.1, 0.15) is 6.04 Å². The lowest BCUT2D eigenvalue weighted by atomic mass is 9.94. The molecule has 1 aromatic carbocycles. The predicted molar refractivity (Wildman–Crippen MR) is 71.6 cm³/mol. The SMILES string of the molecule is Cc1cc(C)c(C(C)NC2CCOC2=O)c(C)c1. The molecule has 0 amide bonds. The van der Waals surface area contributed by atoms with Gasteiger partial charge in [-0.2, -0.15) is 0 Å². The molecule has 0 radical (unpaired) electrons. The molecule has 0 saturated carbocycles. The molecule has 3 nitrogen and oxygen atoms in total. The molecule has 1 heterocycles. The van der Waals surface area contributed by atoms with Crippen molar-refractivity contribution in [1.29, 1.82) is 0 Å². The first-order valence-electron chi connectivity index (χ1n) is 6.49. The number of aryl methyl sites for hydroxylation is 3. The number of hydrogen-bond donors (Lipinski definition) is 1. The molecular formula is C15H21NO2. The standard InChI is InChI=1S/C15H21NO2/c1-9-7-10(2)14(11(3)8-9)12(4)16-13-5-6-18-15(13)17/h7-8,12-13,16H,5-6H2,1-4H3. The van der Waals surface area contributed by atoms with Crippen LogP contribution in [0, 0.1) is 20.8 Å². The van der Waals surface area contributed by atoms with E-state index in [0.29, 0.717) is 6.61 Å². The molecule has 0 bridgehead atoms. The highest BCUT2D eigenvalue weighted by Gasteiger charge is 2.28. The highest BCUT2D eigenvalue weighted by Crippen LogP contribution is 2.24. The number of carbonyl (C=O) groups is 1. The smallest absolute Gasteiger partial charge is 0.323 e. The lowest BCUT2D eigenvalue weighted by molar-refractivity contribution is -0.139. The summed E-state index contributed by atoms with van der Waals surface area (Å²) in [4.78, 5) is 11.5. The summed E-state index contributed by atoms with van der Waals surface area (Å²) in [6, 6.07) is 4.39. The van der Waals surface area contributed by atoms with Crippen molar-refractivity contribution in [1.82, 2.24) is 5.32 Å². The van der Waals surface area contributed by atoms with Crippen molar-refractivity contribution < 1.29 is 9.53 Å². The predicted octanol–water partition coefficient (Wildman–Crippen LogP) is 2.58. The zero-order valence-corrected chi connectivity index (χ0v) is 11.5. The van der Waals surface area contributed by atoms with E-state index < -0.39 is 0 Å². The Bertz CT molecular complexity index is 445. The highest BCUT2D eigenvalue weighted by molar-refractivity contribution is 5.77. The van der Waals surface area contributed by atoms with E-state index in [4.69, 9.17) is 4.74 Å². The second-order valence-electron chi connectivity index (χ2n) is 5.21. The summed E-state index contributed by atoms with van der Waals surface area (Å²) in [7, 11) is 0. The van der Waals surface area contributed by atoms with Crippen molar-refractivity contribution in [3.05, 3.63) is 34.4 Å². The van der Waals surface area contributed by atoms with E-state index in [2.05, 4.69) is 45.1 Å². The van der Waals surface area contributed by atoms with Crippen molar-refractivity contribution in [2.75, 3.05) is 6.61 Å². The van der Waals surface area contributed by atoms with Gasteiger partial charge in [0, 0.05) is 12.5 Å². The van der Waals surface area contributed by atoms with Crippen molar-refractivity contribution in [3.63, 3.8) is 0 Å². The van der Waals surface area contributed by atoms with Crippen LogP contribution in [0.5, 0.6) is 0 Å². The molecule has 18 heavy (non-hydrogen) atoms. The first-order chi connectivity index (χ1) is 8.49. The van der Waals surface area contributed by atoms with Crippen LogP contribution in [0.4, 0.5) is 0 Å². The minimum Gasteiger partial charge on any atom is -0.464 e. The molecule has 1 aliphatic heterocycles. The van der Waals surface area contributed by atoms with Gasteiger partial charge in [-0.25, -0.2) is 0 Å². The lowest BCUT2D eigenvalue weighted by Gasteiger charge is -2.21. The van der Waals surface area contributed by atoms with E-state index in [9.17, 15) is 4.79 Å². The van der Waals surface area contributed by atoms with E-state index in [0.717, 1.165) is 6.42 Å². The van der Waals surface area contributed by atoms with Crippen LogP contribution >= 0.6 is 0 Å². The third-order valence-corrected chi connectivity index (χ3v) is 3.56. The summed E-state index contributed by atoms with van der Waals surface area (Å²) < 4.78 is 4.98. The number of cyclic esters (lactones) is 1. The number of nitrogens with one attached hydrogen (secondary N) is 1. The number of benzene rings is 1. The Hall–Kier alpha value is -1.35. The molecule has 1 aromatic rings. The van der Waals surface area contributed by atoms with Gasteiger partial charge < -0.3 is 4.74 Å². The van der Waals surface area contributed by atoms with Crippen molar-refractivity contribution in [2.45, 2.75) is 46.2 Å². The van der Waals surface area contributed by atoms with E-state index in [1.807, 2.05) is 0 Å². The van der Waals surface area contributed by atoms with Gasteiger partial charge >= 0.3 is 5.97 Å². The Morgan fingerprint density at radius 1 is 1.28 bits per heavy atom. The van der Waals surface area contributed by atoms with Crippen LogP contribution in [0.3, 0.4) is 0 Å². The molecule has 1 aliphatic rings. The average Bonchev–Trinajstić information content (AvgIpc) is 2.62. The number of esters is 1. The molecule has 0 aromatic heterocycles. The molecule has 2 unspecified atom stereocenters. The summed E-state index contributed by atoms with van der Waals surface area (Å²) in [5, 5.41) is 3.37. The Morgan fingerprint density at radius 2 is 1.89 bits per heavy atom. The van der Waals surface area contributed by atoms with Crippen LogP contribution in [0.15, 0.2) is 12.1 Å². The lowest BCUT2D eigenvalue weighted by Crippen LogP contribution is -2.35. The van der Waals surface area contributed by atoms with E-state index in [1.54, 1.807) is 0 Å². The maximum Gasteiger partial charge on any atom is 0.323 e. The summed E-state index contributed by atoms with van der Waals surface area (Å²) >= 11 is 0. The molecule has 1 fully saturated rings. The Labute approximate surface area is 109 Å². The quantitative estimate of drug-likeness (QED) is 0.834. The maximum absolute atomic E-state index is 11.5. The van der Waals surface area contributed by atoms with Crippen LogP contribution in [-0.2, 0) is 9.53 Å². The Kier molecular flexibility index (Phi) is 3.71. The van der Waals surface area contributed by atoms with Crippen molar-refractivity contribution >= 4 is 5.97 Å². The molecule has 98 valence electrons. The number of rotatable bonds is 3. The van der Waals surface area contributed by atoms with Gasteiger partial charge in [0.2, 0.25) is 0 Å². The summed E-state index contributed by atoms with van der Waals surface area (Å²) in [6.07, 6.45) is 0.771. The third kappa shape index (κ3) is 2.56. The maximum atomic E-state index is 11.5. The summed E-state index contributed by atoms with van der Waals surface area (Å²) in [6.45, 7) is 9.00. The van der Waals surface area contributed by atoms with Gasteiger partial charge in [-0.15, -0.1) is 0 Å². The van der Waals surface area contributed by atoms with Crippen molar-refractivity contribution in [3.8, 4) is 0 Å². The molecule has 1 N–H and O–H groups in total. The van der Waals surface area contributed by atoms with E-state index >= 15 is 0 Å². The van der Waals surface area contributed by atoms with Gasteiger partial charge in [-0.05, 0) is 44.4 Å². The van der Waals surface area contributed by atoms with E-state index in [1.165, 1.54) is 22.3 Å². The fourth-order valence-corrected chi connectivity index (χ4v) is 2.91. The van der Waals surface area contributed by atoms with Crippen LogP contribution in [-0.4, -0.2) is 18.6 Å². The Morgan fingerprint density at radius 3 is 2.39 bits per heavy atom. The molecule has 3 heteroatoms. The minimum atomic E-state index is -0.153. The van der Waals surface area contributed by atoms with Gasteiger partial charge in [0.25, 0.3) is 0 Å². The van der Waals surface area contributed by atoms with Crippen LogP contribution < -0.4 is 5.32 Å². The molecule has 0 spiro atoms. The molecule has 1 saturated heterocycles. The zero-order chi connectivity index (χ0) is 13.3. The highest BCUT2D eigenvalue weighted by atomic mass is 16.5. The number of ether oxygens (including phenoxy) is 1. The van der Waals surface area contributed by atoms with Gasteiger partial charge in [-0.1, -0.05) is 17.7 Å². The Balaban J connectivity index is 2.18. The second kappa shape index (κ2) is 5.11. The summed E-state index contributed by atoms with van der Waals surface area (Å²) in [5.74, 6) is -0.121. The molecular weight excluding hydrogens is 226 g/mol. The number of carbonyl (C=O) groups excluding carboxylic acids is 1. The fraction of sp³-hybridized carbons (Fsp3) is 0.533.